The number of carbonyl (C=O) groups excluding carboxylic acids is 1. The Morgan fingerprint density at radius 2 is 1.84 bits per heavy atom. The number of hydrogen-bond acceptors (Lipinski definition) is 9. The first-order valence-corrected chi connectivity index (χ1v) is 20.9. The van der Waals surface area contributed by atoms with E-state index >= 15 is 4.39 Å². The van der Waals surface area contributed by atoms with Crippen LogP contribution in [0.3, 0.4) is 0 Å². The Morgan fingerprint density at radius 1 is 1.10 bits per heavy atom. The summed E-state index contributed by atoms with van der Waals surface area (Å²) >= 11 is 0. The van der Waals surface area contributed by atoms with Gasteiger partial charge >= 0.3 is 6.01 Å². The van der Waals surface area contributed by atoms with Gasteiger partial charge in [-0.25, -0.2) is 4.39 Å². The number of aliphatic imine (C=N–C) groups is 2. The molecule has 0 saturated carbocycles. The number of unbranched alkanes of at least 4 members (excludes halogenated alkanes) is 3. The normalized spacial score (nSPS) is 17.1. The van der Waals surface area contributed by atoms with Crippen LogP contribution in [0.5, 0.6) is 11.8 Å². The summed E-state index contributed by atoms with van der Waals surface area (Å²) in [7, 11) is 3.33. The molecule has 308 valence electrons. The summed E-state index contributed by atoms with van der Waals surface area (Å²) in [6.07, 6.45) is 12.0. The zero-order valence-electron chi connectivity index (χ0n) is 35.6. The van der Waals surface area contributed by atoms with Crippen molar-refractivity contribution in [2.45, 2.75) is 99.0 Å². The minimum Gasteiger partial charge on any atom is -0.508 e. The van der Waals surface area contributed by atoms with Crippen LogP contribution in [0.1, 0.15) is 104 Å². The fourth-order valence-electron chi connectivity index (χ4n) is 8.41. The molecular weight excluding hydrogens is 730 g/mol. The van der Waals surface area contributed by atoms with Gasteiger partial charge in [0.1, 0.15) is 17.4 Å². The topological polar surface area (TPSA) is 130 Å². The van der Waals surface area contributed by atoms with Crippen molar-refractivity contribution < 1.29 is 19.0 Å². The van der Waals surface area contributed by atoms with Gasteiger partial charge in [0, 0.05) is 66.1 Å². The lowest BCUT2D eigenvalue weighted by Crippen LogP contribution is -2.34. The van der Waals surface area contributed by atoms with Gasteiger partial charge in [-0.3, -0.25) is 14.8 Å². The molecule has 6 rings (SSSR count). The fraction of sp³-hybridized carbons (Fsp3) is 0.468. The average molecular weight is 790 g/mol. The van der Waals surface area contributed by atoms with Crippen molar-refractivity contribution in [2.24, 2.45) is 21.1 Å². The van der Waals surface area contributed by atoms with Crippen LogP contribution in [-0.2, 0) is 4.79 Å². The summed E-state index contributed by atoms with van der Waals surface area (Å²) in [5.41, 5.74) is 11.1. The van der Waals surface area contributed by atoms with Gasteiger partial charge in [0.15, 0.2) is 0 Å². The molecule has 0 radical (unpaired) electrons. The molecule has 1 unspecified atom stereocenters. The maximum atomic E-state index is 16.2. The largest absolute Gasteiger partial charge is 0.508 e. The number of benzene rings is 3. The Balaban J connectivity index is 1.65. The molecule has 3 aromatic carbocycles. The number of aromatic nitrogens is 2. The second-order valence-electron chi connectivity index (χ2n) is 16.7. The van der Waals surface area contributed by atoms with Gasteiger partial charge in [-0.15, -0.1) is 0 Å². The molecule has 0 saturated heterocycles. The van der Waals surface area contributed by atoms with Gasteiger partial charge in [0.25, 0.3) is 5.91 Å². The molecule has 2 aliphatic rings. The molecule has 3 N–H and O–H groups in total. The third-order valence-electron chi connectivity index (χ3n) is 11.3. The number of rotatable bonds is 14. The number of allylic oxidation sites excluding steroid dienone is 2. The van der Waals surface area contributed by atoms with E-state index in [2.05, 4.69) is 32.3 Å². The standard InChI is InChI=1S/C47H60FN7O3/c1-10-13-15-20-47(7,19-14-11-2)27-58-46-52-43-38-29(6)37-35(48)18-17-30-23-32(56)25-34(39(30)37)40(38)42(51-28(4)5)33(12-3)41(43)44(53-46)55-22-16-21-50-31(26-55)24-36(49)45(57)54(8)9/h12,17-18,23-25,28,56H,6,10-11,13-16,19-22,26-27,49H2,1-5,7-9H3/b33-12-,36-24-,51-42?. The zero-order valence-corrected chi connectivity index (χ0v) is 35.6. The predicted octanol–water partition coefficient (Wildman–Crippen LogP) is 8.78. The Bertz CT molecular complexity index is 2380. The van der Waals surface area contributed by atoms with Crippen molar-refractivity contribution in [2.75, 3.05) is 45.2 Å². The third-order valence-corrected chi connectivity index (χ3v) is 11.3. The number of amides is 1. The summed E-state index contributed by atoms with van der Waals surface area (Å²) in [5.74, 6) is -0.0278. The highest BCUT2D eigenvalue weighted by molar-refractivity contribution is 6.42. The molecule has 0 fully saturated rings. The van der Waals surface area contributed by atoms with Gasteiger partial charge in [0.2, 0.25) is 0 Å². The van der Waals surface area contributed by atoms with Crippen molar-refractivity contribution in [3.63, 3.8) is 0 Å². The number of halogens is 1. The van der Waals surface area contributed by atoms with Crippen LogP contribution in [0.25, 0.3) is 45.0 Å². The van der Waals surface area contributed by atoms with Crippen LogP contribution in [0.2, 0.25) is 0 Å². The van der Waals surface area contributed by atoms with Crippen LogP contribution < -0.4 is 20.6 Å². The molecule has 58 heavy (non-hydrogen) atoms. The average Bonchev–Trinajstić information content (AvgIpc) is 3.43. The van der Waals surface area contributed by atoms with Gasteiger partial charge in [-0.05, 0) is 80.3 Å². The van der Waals surface area contributed by atoms with E-state index < -0.39 is 5.82 Å². The highest BCUT2D eigenvalue weighted by Crippen LogP contribution is 2.47. The second kappa shape index (κ2) is 17.7. The Morgan fingerprint density at radius 3 is 2.53 bits per heavy atom. The first-order chi connectivity index (χ1) is 27.7. The van der Waals surface area contributed by atoms with E-state index in [1.54, 1.807) is 38.4 Å². The lowest BCUT2D eigenvalue weighted by molar-refractivity contribution is -0.124. The summed E-state index contributed by atoms with van der Waals surface area (Å²) < 4.78 is 22.9. The first kappa shape index (κ1) is 42.3. The summed E-state index contributed by atoms with van der Waals surface area (Å²) in [6, 6.07) is 6.57. The van der Waals surface area contributed by atoms with Crippen molar-refractivity contribution in [1.29, 1.82) is 0 Å². The lowest BCUT2D eigenvalue weighted by atomic mass is 9.78. The minimum atomic E-state index is -0.411. The lowest BCUT2D eigenvalue weighted by Gasteiger charge is -2.33. The molecular formula is C47H60FN7O3. The number of phenolic OH excluding ortho intramolecular Hbond substituents is 1. The molecule has 1 amide bonds. The number of anilines is 1. The van der Waals surface area contributed by atoms with Crippen molar-refractivity contribution in [3.05, 3.63) is 64.3 Å². The zero-order chi connectivity index (χ0) is 41.9. The van der Waals surface area contributed by atoms with E-state index in [4.69, 9.17) is 30.4 Å². The number of carbonyl (C=O) groups is 1. The van der Waals surface area contributed by atoms with Crippen molar-refractivity contribution >= 4 is 56.8 Å². The molecule has 11 heteroatoms. The number of ether oxygens (including phenoxy) is 1. The fourth-order valence-corrected chi connectivity index (χ4v) is 8.41. The number of nitrogens with zero attached hydrogens (tertiary/aromatic N) is 6. The van der Waals surface area contributed by atoms with E-state index in [1.165, 1.54) is 11.0 Å². The number of nitrogens with two attached hydrogens (primary N) is 1. The number of hydrogen-bond donors (Lipinski definition) is 2. The molecule has 1 aromatic heterocycles. The third kappa shape index (κ3) is 8.45. The van der Waals surface area contributed by atoms with Gasteiger partial charge < -0.3 is 25.4 Å². The molecule has 1 aliphatic carbocycles. The second-order valence-corrected chi connectivity index (χ2v) is 16.7. The molecule has 2 heterocycles. The van der Waals surface area contributed by atoms with Gasteiger partial charge in [0.05, 0.1) is 41.5 Å². The van der Waals surface area contributed by atoms with Crippen molar-refractivity contribution in [3.8, 4) is 23.0 Å². The number of phenols is 1. The Hall–Kier alpha value is -5.32. The molecule has 1 atom stereocenters. The highest BCUT2D eigenvalue weighted by atomic mass is 19.1. The van der Waals surface area contributed by atoms with Crippen LogP contribution in [0, 0.1) is 11.2 Å². The molecule has 10 nitrogen and oxygen atoms in total. The van der Waals surface area contributed by atoms with Crippen LogP contribution >= 0.6 is 0 Å². The first-order valence-electron chi connectivity index (χ1n) is 20.9. The maximum Gasteiger partial charge on any atom is 0.318 e. The summed E-state index contributed by atoms with van der Waals surface area (Å²) in [6.45, 7) is 19.2. The molecule has 1 aliphatic heterocycles. The number of aromatic hydroxyl groups is 1. The molecule has 4 aromatic rings. The quantitative estimate of drug-likeness (QED) is 0.0966. The molecule has 0 bridgehead atoms. The monoisotopic (exact) mass is 789 g/mol. The smallest absolute Gasteiger partial charge is 0.318 e. The van der Waals surface area contributed by atoms with E-state index in [0.29, 0.717) is 81.5 Å². The molecule has 0 spiro atoms. The summed E-state index contributed by atoms with van der Waals surface area (Å²) in [4.78, 5) is 37.0. The van der Waals surface area contributed by atoms with E-state index in [1.807, 2.05) is 26.8 Å². The Labute approximate surface area is 342 Å². The SMILES string of the molecule is C=c1c2c(c3cc(O)cc4ccc(F)c1c43)C(=NC(C)C)/C(=C\C)c1c-2nc(OCC(C)(CCCC)CCCCC)nc1N1CCCN=C(/C=C(\N)C(=O)N(C)C)C1. The number of fused-ring (bicyclic) bond motifs is 4. The van der Waals surface area contributed by atoms with Crippen molar-refractivity contribution in [1.82, 2.24) is 14.9 Å². The Kier molecular flexibility index (Phi) is 12.9. The van der Waals surface area contributed by atoms with E-state index in [9.17, 15) is 9.90 Å². The van der Waals surface area contributed by atoms with Crippen LogP contribution in [0.15, 0.2) is 52.1 Å². The van der Waals surface area contributed by atoms with Gasteiger partial charge in [-0.1, -0.05) is 71.6 Å². The van der Waals surface area contributed by atoms with Gasteiger partial charge in [-0.2, -0.15) is 9.97 Å². The number of likely N-dealkylation sites (N-methyl/N-ethyl adjacent to an activating group) is 1. The van der Waals surface area contributed by atoms with Crippen LogP contribution in [0.4, 0.5) is 10.2 Å². The van der Waals surface area contributed by atoms with E-state index in [-0.39, 0.29) is 34.8 Å². The maximum absolute atomic E-state index is 16.2. The van der Waals surface area contributed by atoms with Crippen LogP contribution in [-0.4, -0.2) is 83.7 Å². The van der Waals surface area contributed by atoms with E-state index in [0.717, 1.165) is 68.1 Å². The highest BCUT2D eigenvalue weighted by Gasteiger charge is 2.36. The summed E-state index contributed by atoms with van der Waals surface area (Å²) in [5, 5.41) is 14.0. The predicted molar refractivity (Wildman–Crippen MR) is 238 cm³/mol. The minimum absolute atomic E-state index is 0.0643.